The fraction of sp³-hybridized carbons (Fsp3) is 0.421. The van der Waals surface area contributed by atoms with Gasteiger partial charge in [-0.2, -0.15) is 0 Å². The summed E-state index contributed by atoms with van der Waals surface area (Å²) in [5.41, 5.74) is 1.21. The molecule has 1 aromatic carbocycles. The van der Waals surface area contributed by atoms with Crippen molar-refractivity contribution in [1.82, 2.24) is 9.62 Å². The average Bonchev–Trinajstić information content (AvgIpc) is 3.02. The zero-order chi connectivity index (χ0) is 18.3. The Morgan fingerprint density at radius 1 is 1.19 bits per heavy atom. The monoisotopic (exact) mass is 390 g/mol. The van der Waals surface area contributed by atoms with E-state index in [4.69, 9.17) is 0 Å². The Labute approximate surface area is 158 Å². The second kappa shape index (κ2) is 6.79. The zero-order valence-electron chi connectivity index (χ0n) is 14.6. The number of likely N-dealkylation sites (tertiary alicyclic amines) is 1. The highest BCUT2D eigenvalue weighted by molar-refractivity contribution is 7.88. The third kappa shape index (κ3) is 3.84. The maximum Gasteiger partial charge on any atom is 0.226 e. The van der Waals surface area contributed by atoms with Gasteiger partial charge in [-0.15, -0.1) is 11.3 Å². The van der Waals surface area contributed by atoms with Gasteiger partial charge in [-0.25, -0.2) is 13.1 Å². The van der Waals surface area contributed by atoms with Gasteiger partial charge >= 0.3 is 0 Å². The van der Waals surface area contributed by atoms with Gasteiger partial charge in [-0.1, -0.05) is 30.3 Å². The topological polar surface area (TPSA) is 66.5 Å². The van der Waals surface area contributed by atoms with E-state index in [1.54, 1.807) is 11.3 Å². The van der Waals surface area contributed by atoms with Crippen molar-refractivity contribution in [1.29, 1.82) is 0 Å². The molecule has 1 saturated heterocycles. The SMILES string of the molecule is CS(=O)(=O)NC1CCN(C(=O)C2CC2c2ccc(-c3ccccc3)s2)C1. The quantitative estimate of drug-likeness (QED) is 0.854. The van der Waals surface area contributed by atoms with Crippen LogP contribution in [0.15, 0.2) is 42.5 Å². The fourth-order valence-electron chi connectivity index (χ4n) is 3.69. The van der Waals surface area contributed by atoms with E-state index in [-0.39, 0.29) is 17.9 Å². The minimum atomic E-state index is -3.22. The average molecular weight is 391 g/mol. The maximum absolute atomic E-state index is 12.7. The number of hydrogen-bond acceptors (Lipinski definition) is 4. The van der Waals surface area contributed by atoms with Crippen molar-refractivity contribution < 1.29 is 13.2 Å². The Bertz CT molecular complexity index is 908. The number of sulfonamides is 1. The van der Waals surface area contributed by atoms with Crippen molar-refractivity contribution in [3.63, 3.8) is 0 Å². The first kappa shape index (κ1) is 17.7. The molecule has 1 N–H and O–H groups in total. The molecule has 26 heavy (non-hydrogen) atoms. The molecule has 1 aromatic heterocycles. The summed E-state index contributed by atoms with van der Waals surface area (Å²) in [6, 6.07) is 14.4. The van der Waals surface area contributed by atoms with Crippen molar-refractivity contribution >= 4 is 27.3 Å². The highest BCUT2D eigenvalue weighted by Crippen LogP contribution is 2.51. The first-order chi connectivity index (χ1) is 12.4. The minimum Gasteiger partial charge on any atom is -0.341 e. The lowest BCUT2D eigenvalue weighted by Crippen LogP contribution is -2.38. The molecule has 138 valence electrons. The van der Waals surface area contributed by atoms with Gasteiger partial charge < -0.3 is 4.90 Å². The number of nitrogens with zero attached hydrogens (tertiary/aromatic N) is 1. The van der Waals surface area contributed by atoms with Gasteiger partial charge in [-0.3, -0.25) is 4.79 Å². The lowest BCUT2D eigenvalue weighted by molar-refractivity contribution is -0.131. The molecule has 0 radical (unpaired) electrons. The molecule has 4 rings (SSSR count). The van der Waals surface area contributed by atoms with E-state index in [1.165, 1.54) is 15.3 Å². The Balaban J connectivity index is 1.37. The standard InChI is InChI=1S/C19H22N2O3S2/c1-26(23,24)20-14-9-10-21(12-14)19(22)16-11-15(16)18-8-7-17(25-18)13-5-3-2-4-6-13/h2-8,14-16,20H,9-12H2,1H3. The summed E-state index contributed by atoms with van der Waals surface area (Å²) in [7, 11) is -3.22. The van der Waals surface area contributed by atoms with Crippen LogP contribution in [0.4, 0.5) is 0 Å². The predicted molar refractivity (Wildman–Crippen MR) is 104 cm³/mol. The molecule has 1 saturated carbocycles. The molecule has 3 unspecified atom stereocenters. The van der Waals surface area contributed by atoms with E-state index >= 15 is 0 Å². The molecule has 1 aliphatic heterocycles. The number of benzene rings is 1. The van der Waals surface area contributed by atoms with Gasteiger partial charge in [0.1, 0.15) is 0 Å². The lowest BCUT2D eigenvalue weighted by atomic mass is 10.2. The molecule has 0 bridgehead atoms. The summed E-state index contributed by atoms with van der Waals surface area (Å²) in [4.78, 5) is 17.1. The third-order valence-corrected chi connectivity index (χ3v) is 7.07. The van der Waals surface area contributed by atoms with Gasteiger partial charge in [0, 0.05) is 40.7 Å². The molecule has 5 nitrogen and oxygen atoms in total. The lowest BCUT2D eigenvalue weighted by Gasteiger charge is -2.16. The number of thiophene rings is 1. The van der Waals surface area contributed by atoms with Gasteiger partial charge in [0.25, 0.3) is 0 Å². The molecule has 2 aliphatic rings. The number of carbonyl (C=O) groups is 1. The van der Waals surface area contributed by atoms with Gasteiger partial charge in [0.05, 0.1) is 6.26 Å². The Hall–Kier alpha value is -1.70. The molecule has 2 fully saturated rings. The molecular weight excluding hydrogens is 368 g/mol. The summed E-state index contributed by atoms with van der Waals surface area (Å²) in [6.07, 6.45) is 2.75. The van der Waals surface area contributed by atoms with Crippen LogP contribution in [-0.2, 0) is 14.8 Å². The smallest absolute Gasteiger partial charge is 0.226 e. The number of amides is 1. The summed E-state index contributed by atoms with van der Waals surface area (Å²) in [5.74, 6) is 0.531. The highest BCUT2D eigenvalue weighted by atomic mass is 32.2. The molecule has 7 heteroatoms. The fourth-order valence-corrected chi connectivity index (χ4v) is 5.68. The number of nitrogens with one attached hydrogen (secondary N) is 1. The predicted octanol–water partition coefficient (Wildman–Crippen LogP) is 2.67. The molecular formula is C19H22N2O3S2. The van der Waals surface area contributed by atoms with Crippen molar-refractivity contribution in [2.75, 3.05) is 19.3 Å². The normalized spacial score (nSPS) is 25.4. The van der Waals surface area contributed by atoms with Crippen LogP contribution in [0.2, 0.25) is 0 Å². The van der Waals surface area contributed by atoms with Crippen LogP contribution < -0.4 is 4.72 Å². The van der Waals surface area contributed by atoms with Crippen LogP contribution in [0.5, 0.6) is 0 Å². The van der Waals surface area contributed by atoms with Crippen molar-refractivity contribution in [2.24, 2.45) is 5.92 Å². The molecule has 2 heterocycles. The van der Waals surface area contributed by atoms with Crippen LogP contribution in [-0.4, -0.2) is 44.6 Å². The first-order valence-electron chi connectivity index (χ1n) is 8.82. The van der Waals surface area contributed by atoms with Crippen LogP contribution in [0.25, 0.3) is 10.4 Å². The Morgan fingerprint density at radius 2 is 1.96 bits per heavy atom. The van der Waals surface area contributed by atoms with Crippen LogP contribution in [0.1, 0.15) is 23.6 Å². The minimum absolute atomic E-state index is 0.0502. The summed E-state index contributed by atoms with van der Waals surface area (Å²) in [6.45, 7) is 1.11. The Morgan fingerprint density at radius 3 is 2.69 bits per heavy atom. The second-order valence-corrected chi connectivity index (χ2v) is 10.1. The summed E-state index contributed by atoms with van der Waals surface area (Å²) >= 11 is 1.77. The van der Waals surface area contributed by atoms with E-state index in [0.717, 1.165) is 12.7 Å². The van der Waals surface area contributed by atoms with Crippen LogP contribution in [0, 0.1) is 5.92 Å². The summed E-state index contributed by atoms with van der Waals surface area (Å²) in [5, 5.41) is 0. The highest BCUT2D eigenvalue weighted by Gasteiger charge is 2.47. The van der Waals surface area contributed by atoms with Crippen molar-refractivity contribution in [2.45, 2.75) is 24.8 Å². The van der Waals surface area contributed by atoms with E-state index in [0.29, 0.717) is 25.4 Å². The number of rotatable bonds is 5. The third-order valence-electron chi connectivity index (χ3n) is 5.04. The zero-order valence-corrected chi connectivity index (χ0v) is 16.2. The molecule has 1 aliphatic carbocycles. The first-order valence-corrected chi connectivity index (χ1v) is 11.5. The number of carbonyl (C=O) groups excluding carboxylic acids is 1. The molecule has 0 spiro atoms. The molecule has 2 aromatic rings. The van der Waals surface area contributed by atoms with Gasteiger partial charge in [0.15, 0.2) is 0 Å². The second-order valence-electron chi connectivity index (χ2n) is 7.18. The van der Waals surface area contributed by atoms with Crippen molar-refractivity contribution in [3.8, 4) is 10.4 Å². The van der Waals surface area contributed by atoms with E-state index in [9.17, 15) is 13.2 Å². The van der Waals surface area contributed by atoms with Gasteiger partial charge in [0.2, 0.25) is 15.9 Å². The van der Waals surface area contributed by atoms with E-state index in [2.05, 4.69) is 29.0 Å². The molecule has 1 amide bonds. The van der Waals surface area contributed by atoms with Crippen molar-refractivity contribution in [3.05, 3.63) is 47.3 Å². The van der Waals surface area contributed by atoms with E-state index < -0.39 is 10.0 Å². The molecule has 3 atom stereocenters. The van der Waals surface area contributed by atoms with Crippen LogP contribution >= 0.6 is 11.3 Å². The van der Waals surface area contributed by atoms with E-state index in [1.807, 2.05) is 23.1 Å². The summed E-state index contributed by atoms with van der Waals surface area (Å²) < 4.78 is 25.3. The largest absolute Gasteiger partial charge is 0.341 e. The number of hydrogen-bond donors (Lipinski definition) is 1. The van der Waals surface area contributed by atoms with Crippen LogP contribution in [0.3, 0.4) is 0 Å². The maximum atomic E-state index is 12.7. The Kier molecular flexibility index (Phi) is 4.62. The van der Waals surface area contributed by atoms with Gasteiger partial charge in [-0.05, 0) is 30.5 Å².